The number of likely N-dealkylation sites (N-methyl/N-ethyl adjacent to an activating group) is 2. The summed E-state index contributed by atoms with van der Waals surface area (Å²) in [5, 5.41) is 11.8. The number of nitrogens with two attached hydrogens (primary N) is 1. The Balaban J connectivity index is 1.39. The summed E-state index contributed by atoms with van der Waals surface area (Å²) in [7, 11) is 2.86. The first-order valence-electron chi connectivity index (χ1n) is 30.5. The number of Topliss-reactive ketones (excluding diaryl/α,β-unsaturated/α-hetero) is 2. The lowest BCUT2D eigenvalue weighted by Crippen LogP contribution is -2.58. The van der Waals surface area contributed by atoms with Gasteiger partial charge in [0, 0.05) is 56.8 Å². The normalized spacial score (nSPS) is 19.6. The average Bonchev–Trinajstić information content (AvgIpc) is 2.28. The van der Waals surface area contributed by atoms with Gasteiger partial charge in [-0.15, -0.1) is 0 Å². The molecule has 0 radical (unpaired) electrons. The molecule has 5 rings (SSSR count). The maximum Gasteiger partial charge on any atom is 0.410 e. The number of ether oxygens (including phenoxy) is 2. The lowest BCUT2D eigenvalue weighted by molar-refractivity contribution is -0.143. The predicted molar refractivity (Wildman–Crippen MR) is 332 cm³/mol. The minimum Gasteiger partial charge on any atom is -0.444 e. The molecule has 21 heteroatoms. The Bertz CT molecular complexity index is 2750. The van der Waals surface area contributed by atoms with E-state index in [4.69, 9.17) is 15.2 Å². The van der Waals surface area contributed by atoms with Gasteiger partial charge in [-0.3, -0.25) is 48.2 Å². The van der Waals surface area contributed by atoms with Crippen molar-refractivity contribution >= 4 is 64.9 Å². The van der Waals surface area contributed by atoms with Crippen molar-refractivity contribution in [1.82, 2.24) is 40.9 Å². The molecule has 3 aromatic carbocycles. The van der Waals surface area contributed by atoms with E-state index in [1.807, 2.05) is 102 Å². The van der Waals surface area contributed by atoms with Gasteiger partial charge in [0.25, 0.3) is 0 Å². The summed E-state index contributed by atoms with van der Waals surface area (Å²) in [5.74, 6) is -5.90. The standard InChI is InChI=1S/C66H95N9O12/c1-17-38(3)55(70-57(78)42(7)72(15)63(84)86-65(9,10)11)61(82)74-36-44(29-51(74)59(80)68-40(5)46-25-21-19-22-26-46)31-53(76)48-33-49(35-50(67)34-48)54(77)32-45-30-52(60(81)69-41(6)47-27-23-20-24-28-47)75(37-45)62(83)56(39(4)18-2)71-58(79)43(8)73(16)64(85)87-66(12,13)14/h19-28,33-35,38-45,51-52,55-56H,17-18,29-32,36-37,67H2,1-16H3,(H,68,80)(H,69,81)(H,70,78)(H,71,79)/t38-,39-,40+,41+,42-,43-,44+,45+,51-,52-,55-,56-/m0/s1. The van der Waals surface area contributed by atoms with Crippen LogP contribution in [0.4, 0.5) is 15.3 Å². The molecule has 3 aromatic rings. The van der Waals surface area contributed by atoms with Crippen molar-refractivity contribution in [3.05, 3.63) is 101 Å². The number of hydrogen-bond donors (Lipinski definition) is 5. The van der Waals surface area contributed by atoms with E-state index >= 15 is 0 Å². The number of hydrogen-bond acceptors (Lipinski definition) is 13. The molecule has 0 aliphatic carbocycles. The molecule has 0 aromatic heterocycles. The Morgan fingerprint density at radius 2 is 0.874 bits per heavy atom. The van der Waals surface area contributed by atoms with Crippen LogP contribution in [0.1, 0.15) is 179 Å². The van der Waals surface area contributed by atoms with Gasteiger partial charge in [-0.1, -0.05) is 101 Å². The molecule has 2 aliphatic heterocycles. The largest absolute Gasteiger partial charge is 0.444 e. The van der Waals surface area contributed by atoms with Crippen LogP contribution in [0, 0.1) is 23.7 Å². The lowest BCUT2D eigenvalue weighted by atomic mass is 9.92. The second-order valence-electron chi connectivity index (χ2n) is 25.9. The molecular weight excluding hydrogens is 1110 g/mol. The molecule has 12 atom stereocenters. The van der Waals surface area contributed by atoms with Gasteiger partial charge in [0.1, 0.15) is 47.5 Å². The third-order valence-electron chi connectivity index (χ3n) is 16.6. The van der Waals surface area contributed by atoms with E-state index < -0.39 is 142 Å². The van der Waals surface area contributed by atoms with Crippen molar-refractivity contribution < 1.29 is 57.4 Å². The average molecular weight is 1210 g/mol. The molecule has 2 heterocycles. The van der Waals surface area contributed by atoms with Crippen LogP contribution in [0.15, 0.2) is 78.9 Å². The number of amides is 8. The lowest BCUT2D eigenvalue weighted by Gasteiger charge is -2.33. The minimum atomic E-state index is -1.11. The van der Waals surface area contributed by atoms with E-state index in [1.165, 1.54) is 55.9 Å². The first kappa shape index (κ1) is 69.9. The van der Waals surface area contributed by atoms with Gasteiger partial charge < -0.3 is 46.3 Å². The molecule has 476 valence electrons. The van der Waals surface area contributed by atoms with E-state index in [1.54, 1.807) is 41.5 Å². The van der Waals surface area contributed by atoms with Crippen molar-refractivity contribution in [2.45, 2.75) is 195 Å². The summed E-state index contributed by atoms with van der Waals surface area (Å²) in [6.45, 7) is 24.3. The molecule has 0 bridgehead atoms. The Hall–Kier alpha value is -7.84. The molecule has 2 aliphatic rings. The zero-order chi connectivity index (χ0) is 65.0. The monoisotopic (exact) mass is 1210 g/mol. The van der Waals surface area contributed by atoms with E-state index in [2.05, 4.69) is 21.3 Å². The fourth-order valence-corrected chi connectivity index (χ4v) is 10.7. The quantitative estimate of drug-likeness (QED) is 0.0419. The highest BCUT2D eigenvalue weighted by Crippen LogP contribution is 2.33. The number of benzene rings is 3. The Morgan fingerprint density at radius 3 is 1.18 bits per heavy atom. The summed E-state index contributed by atoms with van der Waals surface area (Å²) < 4.78 is 11.0. The van der Waals surface area contributed by atoms with Crippen molar-refractivity contribution in [1.29, 1.82) is 0 Å². The molecule has 0 spiro atoms. The highest BCUT2D eigenvalue weighted by atomic mass is 16.6. The molecule has 8 amide bonds. The number of rotatable bonds is 24. The first-order valence-corrected chi connectivity index (χ1v) is 30.5. The summed E-state index contributed by atoms with van der Waals surface area (Å²) >= 11 is 0. The van der Waals surface area contributed by atoms with Crippen LogP contribution in [-0.2, 0) is 38.2 Å². The molecule has 6 N–H and O–H groups in total. The van der Waals surface area contributed by atoms with Gasteiger partial charge in [0.2, 0.25) is 35.4 Å². The SMILES string of the molecule is CC[C@H](C)[C@H](NC(=O)[C@H](C)N(C)C(=O)OC(C)(C)C)C(=O)N1C[C@@H](CC(=O)c2cc(N)cc(C(=O)C[C@H]3C[C@@H](C(=O)N[C@H](C)c4ccccc4)N(C(=O)[C@@H](NC(=O)[C@H](C)N(C)C(=O)OC(C)(C)C)[C@@H](C)CC)C3)c2)C[C@H]1C(=O)N[C@H](C)c1ccccc1. The van der Waals surface area contributed by atoms with Crippen molar-refractivity contribution in [2.75, 3.05) is 32.9 Å². The Morgan fingerprint density at radius 1 is 0.540 bits per heavy atom. The van der Waals surface area contributed by atoms with Crippen LogP contribution in [0.3, 0.4) is 0 Å². The van der Waals surface area contributed by atoms with Crippen LogP contribution in [0.2, 0.25) is 0 Å². The van der Waals surface area contributed by atoms with Crippen LogP contribution in [0.5, 0.6) is 0 Å². The Kier molecular flexibility index (Phi) is 24.3. The fraction of sp³-hybridized carbons (Fsp3) is 0.576. The number of nitrogen functional groups attached to an aromatic ring is 1. The number of nitrogens with one attached hydrogen (secondary N) is 4. The number of nitrogens with zero attached hydrogens (tertiary/aromatic N) is 4. The highest BCUT2D eigenvalue weighted by molar-refractivity contribution is 6.03. The number of anilines is 1. The smallest absolute Gasteiger partial charge is 0.410 e. The van der Waals surface area contributed by atoms with E-state index in [-0.39, 0.29) is 55.6 Å². The fourth-order valence-electron chi connectivity index (χ4n) is 10.7. The van der Waals surface area contributed by atoms with Gasteiger partial charge in [-0.2, -0.15) is 0 Å². The van der Waals surface area contributed by atoms with E-state index in [0.29, 0.717) is 12.8 Å². The summed E-state index contributed by atoms with van der Waals surface area (Å²) in [4.78, 5) is 146. The van der Waals surface area contributed by atoms with Gasteiger partial charge >= 0.3 is 12.2 Å². The summed E-state index contributed by atoms with van der Waals surface area (Å²) in [6.07, 6.45) is -0.600. The Labute approximate surface area is 513 Å². The summed E-state index contributed by atoms with van der Waals surface area (Å²) in [6, 6.07) is 15.7. The molecule has 87 heavy (non-hydrogen) atoms. The first-order chi connectivity index (χ1) is 40.6. The van der Waals surface area contributed by atoms with Crippen LogP contribution >= 0.6 is 0 Å². The van der Waals surface area contributed by atoms with Crippen molar-refractivity contribution in [2.24, 2.45) is 23.7 Å². The molecule has 2 saturated heterocycles. The maximum absolute atomic E-state index is 14.9. The van der Waals surface area contributed by atoms with Crippen LogP contribution < -0.4 is 27.0 Å². The molecular formula is C66H95N9O12. The van der Waals surface area contributed by atoms with Crippen LogP contribution in [0.25, 0.3) is 0 Å². The molecule has 21 nitrogen and oxygen atoms in total. The second-order valence-corrected chi connectivity index (χ2v) is 25.9. The van der Waals surface area contributed by atoms with Gasteiger partial charge in [-0.25, -0.2) is 9.59 Å². The van der Waals surface area contributed by atoms with Crippen LogP contribution in [-0.4, -0.2) is 153 Å². The van der Waals surface area contributed by atoms with Gasteiger partial charge in [0.15, 0.2) is 11.6 Å². The molecule has 0 saturated carbocycles. The number of ketones is 2. The topological polar surface area (TPSA) is 276 Å². The summed E-state index contributed by atoms with van der Waals surface area (Å²) in [5.41, 5.74) is 6.85. The number of carbonyl (C=O) groups excluding carboxylic acids is 10. The number of likely N-dealkylation sites (tertiary alicyclic amines) is 2. The van der Waals surface area contributed by atoms with E-state index in [0.717, 1.165) is 20.9 Å². The maximum atomic E-state index is 14.9. The van der Waals surface area contributed by atoms with Crippen molar-refractivity contribution in [3.63, 3.8) is 0 Å². The third kappa shape index (κ3) is 19.1. The van der Waals surface area contributed by atoms with Crippen molar-refractivity contribution in [3.8, 4) is 0 Å². The minimum absolute atomic E-state index is 0.0217. The third-order valence-corrected chi connectivity index (χ3v) is 16.6. The second kappa shape index (κ2) is 30.2. The van der Waals surface area contributed by atoms with E-state index in [9.17, 15) is 47.9 Å². The number of carbonyl (C=O) groups is 10. The highest BCUT2D eigenvalue weighted by Gasteiger charge is 2.47. The zero-order valence-electron chi connectivity index (χ0n) is 53.9. The van der Waals surface area contributed by atoms with Gasteiger partial charge in [0.05, 0.1) is 12.1 Å². The van der Waals surface area contributed by atoms with Gasteiger partial charge in [-0.05, 0) is 135 Å². The predicted octanol–water partition coefficient (Wildman–Crippen LogP) is 8.18. The zero-order valence-corrected chi connectivity index (χ0v) is 53.9. The molecule has 0 unspecified atom stereocenters. The molecule has 2 fully saturated rings.